The highest BCUT2D eigenvalue weighted by molar-refractivity contribution is 5.92. The van der Waals surface area contributed by atoms with Crippen LogP contribution in [-0.4, -0.2) is 22.6 Å². The van der Waals surface area contributed by atoms with E-state index in [0.29, 0.717) is 19.3 Å². The van der Waals surface area contributed by atoms with Gasteiger partial charge >= 0.3 is 5.97 Å². The topological polar surface area (TPSA) is 71.4 Å². The van der Waals surface area contributed by atoms with Gasteiger partial charge in [-0.2, -0.15) is 0 Å². The van der Waals surface area contributed by atoms with Crippen LogP contribution in [0.3, 0.4) is 0 Å². The number of carbonyl (C=O) groups excluding carboxylic acids is 2. The molecule has 0 spiro atoms. The molecule has 1 N–H and O–H groups in total. The highest BCUT2D eigenvalue weighted by Crippen LogP contribution is 2.19. The average Bonchev–Trinajstić information content (AvgIpc) is 2.16. The lowest BCUT2D eigenvalue weighted by atomic mass is 9.94. The van der Waals surface area contributed by atoms with E-state index in [0.717, 1.165) is 18.4 Å². The lowest BCUT2D eigenvalue weighted by Gasteiger charge is -2.10. The standard InChI is InChI=1S/C12H16O4/c13-10-4-1-3-9(7-10)8-11(14)5-2-6-12(15)16/h7H,1-6,8H2,(H,15,16). The van der Waals surface area contributed by atoms with Crippen LogP contribution >= 0.6 is 0 Å². The molecule has 0 bridgehead atoms. The van der Waals surface area contributed by atoms with Crippen LogP contribution in [0.2, 0.25) is 0 Å². The van der Waals surface area contributed by atoms with E-state index in [2.05, 4.69) is 0 Å². The molecule has 0 atom stereocenters. The summed E-state index contributed by atoms with van der Waals surface area (Å²) < 4.78 is 0. The Morgan fingerprint density at radius 2 is 2.00 bits per heavy atom. The fourth-order valence-electron chi connectivity index (χ4n) is 1.78. The molecule has 0 radical (unpaired) electrons. The van der Waals surface area contributed by atoms with Crippen LogP contribution in [0, 0.1) is 0 Å². The fraction of sp³-hybridized carbons (Fsp3) is 0.583. The van der Waals surface area contributed by atoms with Gasteiger partial charge in [0.05, 0.1) is 0 Å². The molecule has 0 saturated heterocycles. The molecule has 0 aromatic heterocycles. The van der Waals surface area contributed by atoms with E-state index in [-0.39, 0.29) is 24.4 Å². The number of allylic oxidation sites excluding steroid dienone is 2. The largest absolute Gasteiger partial charge is 0.481 e. The van der Waals surface area contributed by atoms with Gasteiger partial charge in [-0.15, -0.1) is 0 Å². The Hall–Kier alpha value is -1.45. The molecule has 0 aromatic rings. The summed E-state index contributed by atoms with van der Waals surface area (Å²) in [5, 5.41) is 8.42. The minimum atomic E-state index is -0.875. The number of rotatable bonds is 6. The molecule has 0 amide bonds. The zero-order chi connectivity index (χ0) is 12.0. The highest BCUT2D eigenvalue weighted by atomic mass is 16.4. The fourth-order valence-corrected chi connectivity index (χ4v) is 1.78. The molecule has 0 aliphatic heterocycles. The molecule has 0 unspecified atom stereocenters. The number of hydrogen-bond donors (Lipinski definition) is 1. The molecule has 1 rings (SSSR count). The first kappa shape index (κ1) is 12.6. The Morgan fingerprint density at radius 1 is 1.25 bits per heavy atom. The van der Waals surface area contributed by atoms with Crippen molar-refractivity contribution >= 4 is 17.5 Å². The smallest absolute Gasteiger partial charge is 0.303 e. The van der Waals surface area contributed by atoms with E-state index in [9.17, 15) is 14.4 Å². The van der Waals surface area contributed by atoms with Gasteiger partial charge in [0.25, 0.3) is 0 Å². The molecule has 16 heavy (non-hydrogen) atoms. The van der Waals surface area contributed by atoms with Crippen LogP contribution in [0.25, 0.3) is 0 Å². The maximum atomic E-state index is 11.5. The first-order chi connectivity index (χ1) is 7.58. The lowest BCUT2D eigenvalue weighted by Crippen LogP contribution is -2.07. The molecule has 0 heterocycles. The minimum absolute atomic E-state index is 0.0298. The van der Waals surface area contributed by atoms with Crippen molar-refractivity contribution in [3.8, 4) is 0 Å². The van der Waals surface area contributed by atoms with E-state index >= 15 is 0 Å². The maximum Gasteiger partial charge on any atom is 0.303 e. The van der Waals surface area contributed by atoms with Crippen LogP contribution in [0.1, 0.15) is 44.9 Å². The molecular weight excluding hydrogens is 208 g/mol. The molecule has 1 aliphatic rings. The normalized spacial score (nSPS) is 15.8. The van der Waals surface area contributed by atoms with E-state index in [1.54, 1.807) is 6.08 Å². The van der Waals surface area contributed by atoms with Crippen LogP contribution in [0.15, 0.2) is 11.6 Å². The van der Waals surface area contributed by atoms with Gasteiger partial charge in [-0.25, -0.2) is 0 Å². The van der Waals surface area contributed by atoms with E-state index in [4.69, 9.17) is 5.11 Å². The number of carbonyl (C=O) groups is 3. The summed E-state index contributed by atoms with van der Waals surface area (Å²) in [5.74, 6) is -0.748. The van der Waals surface area contributed by atoms with Crippen molar-refractivity contribution in [2.45, 2.75) is 44.9 Å². The molecule has 88 valence electrons. The second-order valence-electron chi connectivity index (χ2n) is 4.09. The highest BCUT2D eigenvalue weighted by Gasteiger charge is 2.13. The SMILES string of the molecule is O=C(O)CCCC(=O)CC1=CC(=O)CCC1. The Balaban J connectivity index is 2.28. The molecule has 4 nitrogen and oxygen atoms in total. The summed E-state index contributed by atoms with van der Waals surface area (Å²) in [5.41, 5.74) is 0.900. The second kappa shape index (κ2) is 6.20. The summed E-state index contributed by atoms with van der Waals surface area (Å²) >= 11 is 0. The van der Waals surface area contributed by atoms with Crippen molar-refractivity contribution in [1.29, 1.82) is 0 Å². The summed E-state index contributed by atoms with van der Waals surface area (Å²) in [4.78, 5) is 32.8. The quantitative estimate of drug-likeness (QED) is 0.747. The summed E-state index contributed by atoms with van der Waals surface area (Å²) in [6, 6.07) is 0. The molecule has 0 fully saturated rings. The third-order valence-electron chi connectivity index (χ3n) is 2.56. The third kappa shape index (κ3) is 4.87. The second-order valence-corrected chi connectivity index (χ2v) is 4.09. The van der Waals surface area contributed by atoms with Gasteiger partial charge < -0.3 is 5.11 Å². The lowest BCUT2D eigenvalue weighted by molar-refractivity contribution is -0.137. The summed E-state index contributed by atoms with van der Waals surface area (Å²) in [7, 11) is 0. The minimum Gasteiger partial charge on any atom is -0.481 e. The monoisotopic (exact) mass is 224 g/mol. The van der Waals surface area contributed by atoms with Crippen LogP contribution < -0.4 is 0 Å². The zero-order valence-electron chi connectivity index (χ0n) is 9.20. The Bertz CT molecular complexity index is 328. The van der Waals surface area contributed by atoms with E-state index in [1.165, 1.54) is 0 Å². The van der Waals surface area contributed by atoms with Crippen LogP contribution in [0.4, 0.5) is 0 Å². The van der Waals surface area contributed by atoms with Crippen molar-refractivity contribution in [2.75, 3.05) is 0 Å². The average molecular weight is 224 g/mol. The maximum absolute atomic E-state index is 11.5. The van der Waals surface area contributed by atoms with Crippen LogP contribution in [-0.2, 0) is 14.4 Å². The van der Waals surface area contributed by atoms with Crippen molar-refractivity contribution in [3.63, 3.8) is 0 Å². The molecule has 4 heteroatoms. The number of ketones is 2. The zero-order valence-corrected chi connectivity index (χ0v) is 9.20. The number of carboxylic acid groups (broad SMARTS) is 1. The summed E-state index contributed by atoms with van der Waals surface area (Å²) in [6.45, 7) is 0. The number of aliphatic carboxylic acids is 1. The van der Waals surface area contributed by atoms with Crippen molar-refractivity contribution in [2.24, 2.45) is 0 Å². The van der Waals surface area contributed by atoms with E-state index in [1.807, 2.05) is 0 Å². The van der Waals surface area contributed by atoms with Gasteiger partial charge in [-0.3, -0.25) is 14.4 Å². The first-order valence-electron chi connectivity index (χ1n) is 5.53. The van der Waals surface area contributed by atoms with Crippen LogP contribution in [0.5, 0.6) is 0 Å². The van der Waals surface area contributed by atoms with Gasteiger partial charge in [-0.05, 0) is 25.3 Å². The van der Waals surface area contributed by atoms with Gasteiger partial charge in [0.15, 0.2) is 5.78 Å². The predicted octanol–water partition coefficient (Wildman–Crippen LogP) is 1.88. The predicted molar refractivity (Wildman–Crippen MR) is 58.1 cm³/mol. The third-order valence-corrected chi connectivity index (χ3v) is 2.56. The summed E-state index contributed by atoms with van der Waals surface area (Å²) in [6.07, 6.45) is 4.81. The van der Waals surface area contributed by atoms with Crippen molar-refractivity contribution < 1.29 is 19.5 Å². The Morgan fingerprint density at radius 3 is 2.62 bits per heavy atom. The number of carboxylic acids is 1. The van der Waals surface area contributed by atoms with Crippen molar-refractivity contribution in [3.05, 3.63) is 11.6 Å². The molecule has 1 aliphatic carbocycles. The number of Topliss-reactive ketones (excluding diaryl/α,β-unsaturated/α-hetero) is 1. The molecule has 0 aromatic carbocycles. The van der Waals surface area contributed by atoms with Gasteiger partial charge in [-0.1, -0.05) is 5.57 Å². The number of hydrogen-bond acceptors (Lipinski definition) is 3. The van der Waals surface area contributed by atoms with Gasteiger partial charge in [0.1, 0.15) is 5.78 Å². The molecular formula is C12H16O4. The first-order valence-corrected chi connectivity index (χ1v) is 5.53. The van der Waals surface area contributed by atoms with E-state index < -0.39 is 5.97 Å². The van der Waals surface area contributed by atoms with Gasteiger partial charge in [0.2, 0.25) is 0 Å². The Labute approximate surface area is 94.3 Å². The van der Waals surface area contributed by atoms with Gasteiger partial charge in [0, 0.05) is 25.7 Å². The Kier molecular flexibility index (Phi) is 4.89. The molecule has 0 saturated carbocycles. The van der Waals surface area contributed by atoms with Crippen molar-refractivity contribution in [1.82, 2.24) is 0 Å².